The fourth-order valence-electron chi connectivity index (χ4n) is 5.26. The number of hydrogen-bond donors (Lipinski definition) is 4. The van der Waals surface area contributed by atoms with Crippen LogP contribution in [0.5, 0.6) is 17.2 Å². The maximum atomic E-state index is 13.2. The summed E-state index contributed by atoms with van der Waals surface area (Å²) in [6.45, 7) is 5.11. The molecule has 1 unspecified atom stereocenters. The number of phenolic OH excluding ortho intramolecular Hbond substituents is 1. The molecule has 0 spiro atoms. The van der Waals surface area contributed by atoms with Gasteiger partial charge in [-0.15, -0.1) is 0 Å². The monoisotopic (exact) mass is 591 g/mol. The Morgan fingerprint density at radius 2 is 1.65 bits per heavy atom. The van der Waals surface area contributed by atoms with Crippen molar-refractivity contribution in [3.05, 3.63) is 82.2 Å². The maximum Gasteiger partial charge on any atom is 0.360 e. The minimum absolute atomic E-state index is 0.0610. The molecule has 0 radical (unpaired) electrons. The number of ether oxygens (including phenoxy) is 4. The molecule has 0 aliphatic carbocycles. The van der Waals surface area contributed by atoms with Crippen molar-refractivity contribution in [1.29, 1.82) is 0 Å². The van der Waals surface area contributed by atoms with Gasteiger partial charge < -0.3 is 44.0 Å². The molecule has 5 rings (SSSR count). The SMILES string of the molecule is COc1ccc(C(=O)Nc2cc3ccc(O[C@@H]4OC(C)(C)C(OC)[C@@H](O)[C@H]4O)c(C)c3oc2=O)cc1-c1ccc(O)cc1. The lowest BCUT2D eigenvalue weighted by Gasteiger charge is -2.46. The number of phenols is 1. The summed E-state index contributed by atoms with van der Waals surface area (Å²) in [4.78, 5) is 26.1. The number of rotatable bonds is 7. The van der Waals surface area contributed by atoms with Crippen LogP contribution in [0.25, 0.3) is 22.1 Å². The molecule has 1 saturated heterocycles. The molecule has 1 amide bonds. The van der Waals surface area contributed by atoms with Crippen LogP contribution in [0.4, 0.5) is 5.69 Å². The van der Waals surface area contributed by atoms with Crippen LogP contribution in [0.3, 0.4) is 0 Å². The number of aryl methyl sites for hydroxylation is 1. The standard InChI is InChI=1S/C32H33NO10/c1-16-23(41-31-26(36)25(35)28(40-5)32(2,3)43-31)12-8-18-15-22(30(38)42-27(16)18)33-29(37)19-9-13-24(39-4)21(14-19)17-6-10-20(34)11-7-17/h6-15,25-26,28,31,34-36H,1-5H3,(H,33,37)/t25-,26+,28?,31+/m0/s1. The minimum atomic E-state index is -1.40. The average molecular weight is 592 g/mol. The number of fused-ring (bicyclic) bond motifs is 1. The number of aliphatic hydroxyl groups is 2. The van der Waals surface area contributed by atoms with Crippen molar-refractivity contribution < 1.29 is 43.5 Å². The normalized spacial score (nSPS) is 21.4. The Kier molecular flexibility index (Phi) is 8.17. The van der Waals surface area contributed by atoms with E-state index in [1.54, 1.807) is 63.2 Å². The summed E-state index contributed by atoms with van der Waals surface area (Å²) in [5.41, 5.74) is 0.510. The molecule has 1 fully saturated rings. The van der Waals surface area contributed by atoms with Crippen molar-refractivity contribution in [2.24, 2.45) is 0 Å². The molecule has 4 N–H and O–H groups in total. The first-order valence-corrected chi connectivity index (χ1v) is 13.5. The van der Waals surface area contributed by atoms with E-state index in [9.17, 15) is 24.9 Å². The van der Waals surface area contributed by atoms with Gasteiger partial charge in [0, 0.05) is 29.2 Å². The van der Waals surface area contributed by atoms with Gasteiger partial charge in [-0.2, -0.15) is 0 Å². The highest BCUT2D eigenvalue weighted by molar-refractivity contribution is 6.05. The van der Waals surface area contributed by atoms with Crippen molar-refractivity contribution >= 4 is 22.6 Å². The summed E-state index contributed by atoms with van der Waals surface area (Å²) in [6.07, 6.45) is -4.64. The molecule has 2 heterocycles. The van der Waals surface area contributed by atoms with E-state index < -0.39 is 41.7 Å². The number of anilines is 1. The molecule has 1 aromatic heterocycles. The Balaban J connectivity index is 1.39. The van der Waals surface area contributed by atoms with E-state index in [0.717, 1.165) is 5.56 Å². The molecule has 0 saturated carbocycles. The van der Waals surface area contributed by atoms with Crippen molar-refractivity contribution in [3.8, 4) is 28.4 Å². The lowest BCUT2D eigenvalue weighted by molar-refractivity contribution is -0.306. The number of methoxy groups -OCH3 is 2. The molecule has 1 aliphatic heterocycles. The van der Waals surface area contributed by atoms with Crippen LogP contribution in [-0.4, -0.2) is 65.6 Å². The summed E-state index contributed by atoms with van der Waals surface area (Å²) in [5, 5.41) is 33.9. The van der Waals surface area contributed by atoms with Gasteiger partial charge in [0.25, 0.3) is 5.91 Å². The van der Waals surface area contributed by atoms with E-state index in [0.29, 0.717) is 22.3 Å². The Bertz CT molecular complexity index is 1710. The number of benzene rings is 3. The number of carbonyl (C=O) groups is 1. The summed E-state index contributed by atoms with van der Waals surface area (Å²) in [7, 11) is 2.94. The summed E-state index contributed by atoms with van der Waals surface area (Å²) < 4.78 is 28.2. The van der Waals surface area contributed by atoms with Crippen LogP contribution >= 0.6 is 0 Å². The first-order chi connectivity index (χ1) is 20.4. The molecule has 11 heteroatoms. The highest BCUT2D eigenvalue weighted by atomic mass is 16.7. The second kappa shape index (κ2) is 11.7. The average Bonchev–Trinajstić information content (AvgIpc) is 2.98. The van der Waals surface area contributed by atoms with Crippen molar-refractivity contribution in [3.63, 3.8) is 0 Å². The van der Waals surface area contributed by atoms with Gasteiger partial charge in [-0.25, -0.2) is 4.79 Å². The van der Waals surface area contributed by atoms with Gasteiger partial charge in [0.05, 0.1) is 12.7 Å². The molecule has 0 bridgehead atoms. The first-order valence-electron chi connectivity index (χ1n) is 13.5. The summed E-state index contributed by atoms with van der Waals surface area (Å²) in [5.74, 6) is 0.375. The fourth-order valence-corrected chi connectivity index (χ4v) is 5.26. The molecular formula is C32H33NO10. The molecule has 43 heavy (non-hydrogen) atoms. The largest absolute Gasteiger partial charge is 0.508 e. The van der Waals surface area contributed by atoms with Gasteiger partial charge in [-0.3, -0.25) is 4.79 Å². The molecule has 11 nitrogen and oxygen atoms in total. The van der Waals surface area contributed by atoms with Gasteiger partial charge in [0.1, 0.15) is 46.8 Å². The van der Waals surface area contributed by atoms with Crippen LogP contribution in [0.2, 0.25) is 0 Å². The van der Waals surface area contributed by atoms with Crippen molar-refractivity contribution in [2.45, 2.75) is 51.0 Å². The number of amides is 1. The quantitative estimate of drug-likeness (QED) is 0.232. The van der Waals surface area contributed by atoms with E-state index in [2.05, 4.69) is 5.32 Å². The zero-order valence-electron chi connectivity index (χ0n) is 24.3. The Morgan fingerprint density at radius 1 is 0.953 bits per heavy atom. The van der Waals surface area contributed by atoms with Gasteiger partial charge in [0.15, 0.2) is 0 Å². The molecule has 1 aliphatic rings. The van der Waals surface area contributed by atoms with E-state index >= 15 is 0 Å². The molecular weight excluding hydrogens is 558 g/mol. The summed E-state index contributed by atoms with van der Waals surface area (Å²) >= 11 is 0. The van der Waals surface area contributed by atoms with E-state index in [1.165, 1.54) is 32.4 Å². The molecule has 3 aromatic carbocycles. The maximum absolute atomic E-state index is 13.2. The summed E-state index contributed by atoms with van der Waals surface area (Å²) in [6, 6.07) is 16.1. The topological polar surface area (TPSA) is 157 Å². The third-order valence-electron chi connectivity index (χ3n) is 7.53. The van der Waals surface area contributed by atoms with Crippen LogP contribution < -0.4 is 20.4 Å². The number of carbonyl (C=O) groups excluding carboxylic acids is 1. The van der Waals surface area contributed by atoms with Crippen LogP contribution in [0, 0.1) is 6.92 Å². The number of nitrogens with one attached hydrogen (secondary N) is 1. The van der Waals surface area contributed by atoms with Crippen LogP contribution in [0.1, 0.15) is 29.8 Å². The van der Waals surface area contributed by atoms with Gasteiger partial charge >= 0.3 is 5.63 Å². The third kappa shape index (κ3) is 5.80. The number of aliphatic hydroxyl groups excluding tert-OH is 2. The molecule has 226 valence electrons. The van der Waals surface area contributed by atoms with Crippen molar-refractivity contribution in [1.82, 2.24) is 0 Å². The minimum Gasteiger partial charge on any atom is -0.508 e. The lowest BCUT2D eigenvalue weighted by Crippen LogP contribution is -2.63. The first kappa shape index (κ1) is 30.1. The predicted octanol–water partition coefficient (Wildman–Crippen LogP) is 3.99. The number of aromatic hydroxyl groups is 1. The zero-order valence-corrected chi connectivity index (χ0v) is 24.3. The fraction of sp³-hybridized carbons (Fsp3) is 0.312. The highest BCUT2D eigenvalue weighted by Gasteiger charge is 2.50. The van der Waals surface area contributed by atoms with Gasteiger partial charge in [0.2, 0.25) is 6.29 Å². The Hall–Kier alpha value is -4.42. The third-order valence-corrected chi connectivity index (χ3v) is 7.53. The van der Waals surface area contributed by atoms with E-state index in [4.69, 9.17) is 23.4 Å². The van der Waals surface area contributed by atoms with Crippen molar-refractivity contribution in [2.75, 3.05) is 19.5 Å². The smallest absolute Gasteiger partial charge is 0.360 e. The van der Waals surface area contributed by atoms with Crippen LogP contribution in [0.15, 0.2) is 69.9 Å². The molecule has 4 atom stereocenters. The second-order valence-corrected chi connectivity index (χ2v) is 10.8. The Labute approximate surface area is 247 Å². The number of hydrogen-bond acceptors (Lipinski definition) is 10. The predicted molar refractivity (Wildman–Crippen MR) is 158 cm³/mol. The zero-order chi connectivity index (χ0) is 31.1. The van der Waals surface area contributed by atoms with E-state index in [1.807, 2.05) is 0 Å². The molecule has 4 aromatic rings. The Morgan fingerprint density at radius 3 is 2.33 bits per heavy atom. The van der Waals surface area contributed by atoms with E-state index in [-0.39, 0.29) is 28.3 Å². The van der Waals surface area contributed by atoms with Crippen LogP contribution in [-0.2, 0) is 9.47 Å². The lowest BCUT2D eigenvalue weighted by atomic mass is 9.89. The van der Waals surface area contributed by atoms with Gasteiger partial charge in [-0.1, -0.05) is 12.1 Å². The highest BCUT2D eigenvalue weighted by Crippen LogP contribution is 2.35. The van der Waals surface area contributed by atoms with Gasteiger partial charge in [-0.05, 0) is 74.9 Å². The second-order valence-electron chi connectivity index (χ2n) is 10.8.